The van der Waals surface area contributed by atoms with Crippen LogP contribution in [0.2, 0.25) is 0 Å². The van der Waals surface area contributed by atoms with Gasteiger partial charge in [0.15, 0.2) is 0 Å². The first-order chi connectivity index (χ1) is 9.45. The Labute approximate surface area is 122 Å². The van der Waals surface area contributed by atoms with Crippen LogP contribution in [0.3, 0.4) is 0 Å². The Morgan fingerprint density at radius 2 is 1.85 bits per heavy atom. The average molecular weight is 278 g/mol. The van der Waals surface area contributed by atoms with Crippen molar-refractivity contribution in [2.75, 3.05) is 32.1 Å². The second-order valence-electron chi connectivity index (χ2n) is 5.84. The maximum Gasteiger partial charge on any atom is 0.126 e. The van der Waals surface area contributed by atoms with Gasteiger partial charge in [0.25, 0.3) is 0 Å². The van der Waals surface area contributed by atoms with Crippen LogP contribution < -0.4 is 9.64 Å². The molecule has 20 heavy (non-hydrogen) atoms. The molecule has 0 bridgehead atoms. The number of methoxy groups -OCH3 is 1. The van der Waals surface area contributed by atoms with Crippen molar-refractivity contribution in [2.24, 2.45) is 0 Å². The van der Waals surface area contributed by atoms with E-state index < -0.39 is 6.10 Å². The zero-order valence-electron chi connectivity index (χ0n) is 13.1. The molecule has 0 saturated carbocycles. The van der Waals surface area contributed by atoms with Crippen molar-refractivity contribution in [1.29, 1.82) is 0 Å². The van der Waals surface area contributed by atoms with Gasteiger partial charge in [-0.1, -0.05) is 6.07 Å². The van der Waals surface area contributed by atoms with Gasteiger partial charge in [-0.3, -0.25) is 4.90 Å². The van der Waals surface area contributed by atoms with Crippen LogP contribution in [0.25, 0.3) is 0 Å². The molecule has 1 fully saturated rings. The maximum atomic E-state index is 10.1. The van der Waals surface area contributed by atoms with E-state index in [4.69, 9.17) is 4.74 Å². The number of likely N-dealkylation sites (N-methyl/N-ethyl adjacent to an activating group) is 1. The van der Waals surface area contributed by atoms with Crippen LogP contribution in [-0.4, -0.2) is 49.3 Å². The summed E-state index contributed by atoms with van der Waals surface area (Å²) >= 11 is 0. The highest BCUT2D eigenvalue weighted by atomic mass is 16.5. The standard InChI is InChI=1S/C16H26N2O2/c1-11-9-18(10-12(2)17(11)4)14-7-6-8-15(20-5)16(14)13(3)19/h6-8,11-13,19H,9-10H2,1-5H3/t11?,12?,13-/m0/s1. The smallest absolute Gasteiger partial charge is 0.126 e. The number of aliphatic hydroxyl groups is 1. The Kier molecular flexibility index (Phi) is 4.55. The van der Waals surface area contributed by atoms with E-state index in [2.05, 4.69) is 36.8 Å². The maximum absolute atomic E-state index is 10.1. The minimum absolute atomic E-state index is 0.492. The molecule has 0 aliphatic carbocycles. The number of piperazine rings is 1. The lowest BCUT2D eigenvalue weighted by Gasteiger charge is -2.44. The topological polar surface area (TPSA) is 35.9 Å². The van der Waals surface area contributed by atoms with Gasteiger partial charge in [0, 0.05) is 36.4 Å². The summed E-state index contributed by atoms with van der Waals surface area (Å²) in [6.07, 6.45) is -0.536. The van der Waals surface area contributed by atoms with Crippen LogP contribution >= 0.6 is 0 Å². The zero-order chi connectivity index (χ0) is 14.9. The summed E-state index contributed by atoms with van der Waals surface area (Å²) in [4.78, 5) is 4.76. The van der Waals surface area contributed by atoms with E-state index in [1.54, 1.807) is 14.0 Å². The van der Waals surface area contributed by atoms with Gasteiger partial charge >= 0.3 is 0 Å². The Hall–Kier alpha value is -1.26. The van der Waals surface area contributed by atoms with E-state index in [1.165, 1.54) is 0 Å². The van der Waals surface area contributed by atoms with E-state index in [0.29, 0.717) is 12.1 Å². The van der Waals surface area contributed by atoms with Gasteiger partial charge in [0.05, 0.1) is 13.2 Å². The number of hydrogen-bond donors (Lipinski definition) is 1. The van der Waals surface area contributed by atoms with Crippen LogP contribution in [0, 0.1) is 0 Å². The molecule has 1 saturated heterocycles. The molecule has 1 aliphatic rings. The van der Waals surface area contributed by atoms with Crippen LogP contribution in [-0.2, 0) is 0 Å². The normalized spacial score (nSPS) is 25.6. The predicted molar refractivity (Wildman–Crippen MR) is 82.5 cm³/mol. The molecule has 4 heteroatoms. The molecule has 2 unspecified atom stereocenters. The highest BCUT2D eigenvalue weighted by Crippen LogP contribution is 2.35. The van der Waals surface area contributed by atoms with E-state index in [0.717, 1.165) is 30.1 Å². The largest absolute Gasteiger partial charge is 0.496 e. The molecular formula is C16H26N2O2. The van der Waals surface area contributed by atoms with Gasteiger partial charge in [-0.25, -0.2) is 0 Å². The first kappa shape index (κ1) is 15.1. The Morgan fingerprint density at radius 1 is 1.25 bits per heavy atom. The van der Waals surface area contributed by atoms with Crippen molar-refractivity contribution in [3.05, 3.63) is 23.8 Å². The summed E-state index contributed by atoms with van der Waals surface area (Å²) < 4.78 is 5.42. The summed E-state index contributed by atoms with van der Waals surface area (Å²) in [6.45, 7) is 8.21. The quantitative estimate of drug-likeness (QED) is 0.920. The first-order valence-electron chi connectivity index (χ1n) is 7.27. The van der Waals surface area contributed by atoms with Crippen molar-refractivity contribution in [3.8, 4) is 5.75 Å². The van der Waals surface area contributed by atoms with Crippen molar-refractivity contribution in [2.45, 2.75) is 39.0 Å². The van der Waals surface area contributed by atoms with E-state index >= 15 is 0 Å². The molecule has 0 amide bonds. The summed E-state index contributed by atoms with van der Waals surface area (Å²) in [5, 5.41) is 10.1. The minimum atomic E-state index is -0.536. The molecule has 1 heterocycles. The number of anilines is 1. The van der Waals surface area contributed by atoms with Crippen molar-refractivity contribution >= 4 is 5.69 Å². The van der Waals surface area contributed by atoms with Gasteiger partial charge in [-0.2, -0.15) is 0 Å². The number of rotatable bonds is 3. The first-order valence-corrected chi connectivity index (χ1v) is 7.27. The third-order valence-corrected chi connectivity index (χ3v) is 4.38. The SMILES string of the molecule is COc1cccc(N2CC(C)N(C)C(C)C2)c1[C@H](C)O. The number of ether oxygens (including phenoxy) is 1. The fraction of sp³-hybridized carbons (Fsp3) is 0.625. The second-order valence-corrected chi connectivity index (χ2v) is 5.84. The molecule has 1 aromatic carbocycles. The van der Waals surface area contributed by atoms with Gasteiger partial charge in [-0.05, 0) is 40.0 Å². The average Bonchev–Trinajstić information content (AvgIpc) is 2.43. The van der Waals surface area contributed by atoms with Crippen molar-refractivity contribution in [1.82, 2.24) is 4.90 Å². The Morgan fingerprint density at radius 3 is 2.35 bits per heavy atom. The molecule has 0 aromatic heterocycles. The van der Waals surface area contributed by atoms with E-state index in [-0.39, 0.29) is 0 Å². The van der Waals surface area contributed by atoms with Crippen molar-refractivity contribution < 1.29 is 9.84 Å². The number of nitrogens with zero attached hydrogens (tertiary/aromatic N) is 2. The van der Waals surface area contributed by atoms with E-state index in [9.17, 15) is 5.11 Å². The zero-order valence-corrected chi connectivity index (χ0v) is 13.1. The molecule has 4 nitrogen and oxygen atoms in total. The van der Waals surface area contributed by atoms with E-state index in [1.807, 2.05) is 12.1 Å². The summed E-state index contributed by atoms with van der Waals surface area (Å²) in [5.74, 6) is 0.761. The fourth-order valence-corrected chi connectivity index (χ4v) is 3.01. The molecule has 1 N–H and O–H groups in total. The molecule has 1 aromatic rings. The van der Waals surface area contributed by atoms with Crippen LogP contribution in [0.5, 0.6) is 5.75 Å². The molecular weight excluding hydrogens is 252 g/mol. The van der Waals surface area contributed by atoms with Gasteiger partial charge < -0.3 is 14.7 Å². The van der Waals surface area contributed by atoms with Gasteiger partial charge in [0.1, 0.15) is 5.75 Å². The number of aliphatic hydroxyl groups excluding tert-OH is 1. The minimum Gasteiger partial charge on any atom is -0.496 e. The fourth-order valence-electron chi connectivity index (χ4n) is 3.01. The third kappa shape index (κ3) is 2.76. The summed E-state index contributed by atoms with van der Waals surface area (Å²) in [7, 11) is 3.83. The molecule has 2 rings (SSSR count). The van der Waals surface area contributed by atoms with Crippen molar-refractivity contribution in [3.63, 3.8) is 0 Å². The highest BCUT2D eigenvalue weighted by Gasteiger charge is 2.29. The Bertz CT molecular complexity index is 450. The predicted octanol–water partition coefficient (Wildman–Crippen LogP) is 2.28. The Balaban J connectivity index is 2.37. The van der Waals surface area contributed by atoms with Crippen LogP contribution in [0.4, 0.5) is 5.69 Å². The summed E-state index contributed by atoms with van der Waals surface area (Å²) in [6, 6.07) is 6.97. The lowest BCUT2D eigenvalue weighted by molar-refractivity contribution is 0.167. The summed E-state index contributed by atoms with van der Waals surface area (Å²) in [5.41, 5.74) is 1.98. The van der Waals surface area contributed by atoms with Crippen LogP contribution in [0.15, 0.2) is 18.2 Å². The lowest BCUT2D eigenvalue weighted by atomic mass is 10.0. The number of hydrogen-bond acceptors (Lipinski definition) is 4. The second kappa shape index (κ2) is 6.02. The molecule has 112 valence electrons. The van der Waals surface area contributed by atoms with Gasteiger partial charge in [0.2, 0.25) is 0 Å². The lowest BCUT2D eigenvalue weighted by Crippen LogP contribution is -2.55. The van der Waals surface area contributed by atoms with Crippen LogP contribution in [0.1, 0.15) is 32.4 Å². The molecule has 0 spiro atoms. The highest BCUT2D eigenvalue weighted by molar-refractivity contribution is 5.61. The number of benzene rings is 1. The monoisotopic (exact) mass is 278 g/mol. The van der Waals surface area contributed by atoms with Gasteiger partial charge in [-0.15, -0.1) is 0 Å². The molecule has 1 aliphatic heterocycles. The molecule has 3 atom stereocenters. The molecule has 0 radical (unpaired) electrons. The third-order valence-electron chi connectivity index (χ3n) is 4.38.